The molecule has 0 aromatic carbocycles. The van der Waals surface area contributed by atoms with Crippen LogP contribution in [0.25, 0.3) is 0 Å². The van der Waals surface area contributed by atoms with E-state index in [1.165, 1.54) is 5.71 Å². The van der Waals surface area contributed by atoms with Crippen LogP contribution < -0.4 is 0 Å². The number of H-pyrrole nitrogens is 1. The Hall–Kier alpha value is -1.85. The summed E-state index contributed by atoms with van der Waals surface area (Å²) in [5.41, 5.74) is 2.64. The molecule has 2 unspecified atom stereocenters. The summed E-state index contributed by atoms with van der Waals surface area (Å²) in [4.78, 5) is 20.2. The lowest BCUT2D eigenvalue weighted by molar-refractivity contribution is 0.0123. The molecule has 6 nitrogen and oxygen atoms in total. The quantitative estimate of drug-likeness (QED) is 0.926. The smallest absolute Gasteiger partial charge is 0.274 e. The third-order valence-corrected chi connectivity index (χ3v) is 6.10. The van der Waals surface area contributed by atoms with Gasteiger partial charge in [0.1, 0.15) is 11.3 Å². The van der Waals surface area contributed by atoms with E-state index in [0.29, 0.717) is 23.4 Å². The van der Waals surface area contributed by atoms with Crippen molar-refractivity contribution in [3.8, 4) is 0 Å². The number of carbonyl (C=O) groups excluding carboxylic acids is 1. The predicted molar refractivity (Wildman–Crippen MR) is 90.9 cm³/mol. The number of oxime groups is 1. The van der Waals surface area contributed by atoms with Gasteiger partial charge in [-0.25, -0.2) is 0 Å². The largest absolute Gasteiger partial charge is 0.389 e. The highest BCUT2D eigenvalue weighted by atomic mass is 16.7. The first-order valence-corrected chi connectivity index (χ1v) is 8.82. The van der Waals surface area contributed by atoms with Gasteiger partial charge in [-0.1, -0.05) is 25.9 Å². The Morgan fingerprint density at radius 2 is 2.00 bits per heavy atom. The van der Waals surface area contributed by atoms with Crippen LogP contribution in [0.2, 0.25) is 0 Å². The van der Waals surface area contributed by atoms with Gasteiger partial charge in [-0.2, -0.15) is 5.10 Å². The minimum Gasteiger partial charge on any atom is -0.389 e. The summed E-state index contributed by atoms with van der Waals surface area (Å²) in [6.07, 6.45) is 0.890. The molecule has 1 saturated heterocycles. The molecule has 1 aromatic heterocycles. The van der Waals surface area contributed by atoms with E-state index in [0.717, 1.165) is 25.2 Å². The molecule has 2 atom stereocenters. The van der Waals surface area contributed by atoms with E-state index in [1.807, 2.05) is 11.0 Å². The molecular formula is C18H26N4O2. The van der Waals surface area contributed by atoms with Crippen LogP contribution in [0.3, 0.4) is 0 Å². The van der Waals surface area contributed by atoms with Crippen molar-refractivity contribution in [2.45, 2.75) is 52.6 Å². The van der Waals surface area contributed by atoms with Crippen molar-refractivity contribution >= 4 is 11.6 Å². The number of fused-ring (bicyclic) bond motifs is 1. The van der Waals surface area contributed by atoms with Crippen molar-refractivity contribution in [2.24, 2.45) is 22.4 Å². The van der Waals surface area contributed by atoms with Crippen molar-refractivity contribution < 1.29 is 9.63 Å². The van der Waals surface area contributed by atoms with Crippen LogP contribution in [-0.4, -0.2) is 45.4 Å². The van der Waals surface area contributed by atoms with Gasteiger partial charge in [0.2, 0.25) is 0 Å². The standard InChI is InChI=1S/C18H26N4O2/c1-10(2)13-6-14(20-19-13)16(23)22-8-11-12(9-22)18(11,5)15-7-17(3,4)24-21-15/h6,10-12H,7-9H2,1-5H3,(H,19,20). The number of nitrogens with zero attached hydrogens (tertiary/aromatic N) is 3. The fourth-order valence-electron chi connectivity index (χ4n) is 4.31. The molecule has 0 spiro atoms. The fourth-order valence-corrected chi connectivity index (χ4v) is 4.31. The average Bonchev–Trinajstić information content (AvgIpc) is 3.04. The highest BCUT2D eigenvalue weighted by molar-refractivity contribution is 5.96. The summed E-state index contributed by atoms with van der Waals surface area (Å²) in [7, 11) is 0. The number of carbonyl (C=O) groups is 1. The molecule has 1 N–H and O–H groups in total. The Morgan fingerprint density at radius 1 is 1.33 bits per heavy atom. The number of likely N-dealkylation sites (tertiary alicyclic amines) is 1. The molecule has 1 aliphatic carbocycles. The van der Waals surface area contributed by atoms with E-state index in [2.05, 4.69) is 50.0 Å². The minimum atomic E-state index is -0.187. The van der Waals surface area contributed by atoms with Gasteiger partial charge in [0.25, 0.3) is 5.91 Å². The zero-order valence-electron chi connectivity index (χ0n) is 15.1. The summed E-state index contributed by atoms with van der Waals surface area (Å²) in [6, 6.07) is 1.88. The van der Waals surface area contributed by atoms with E-state index in [-0.39, 0.29) is 16.9 Å². The summed E-state index contributed by atoms with van der Waals surface area (Å²) in [5, 5.41) is 11.5. The maximum atomic E-state index is 12.7. The molecule has 1 aromatic rings. The Balaban J connectivity index is 1.42. The summed E-state index contributed by atoms with van der Waals surface area (Å²) >= 11 is 0. The lowest BCUT2D eigenvalue weighted by Crippen LogP contribution is -2.36. The molecule has 24 heavy (non-hydrogen) atoms. The van der Waals surface area contributed by atoms with Crippen molar-refractivity contribution in [1.82, 2.24) is 15.1 Å². The Labute approximate surface area is 142 Å². The third kappa shape index (κ3) is 2.19. The number of amides is 1. The van der Waals surface area contributed by atoms with Gasteiger partial charge >= 0.3 is 0 Å². The van der Waals surface area contributed by atoms with Crippen molar-refractivity contribution in [3.63, 3.8) is 0 Å². The van der Waals surface area contributed by atoms with Gasteiger partial charge in [-0.15, -0.1) is 0 Å². The van der Waals surface area contributed by atoms with Crippen molar-refractivity contribution in [3.05, 3.63) is 17.5 Å². The Morgan fingerprint density at radius 3 is 2.50 bits per heavy atom. The second kappa shape index (κ2) is 4.83. The van der Waals surface area contributed by atoms with E-state index in [4.69, 9.17) is 4.84 Å². The minimum absolute atomic E-state index is 0.0395. The molecular weight excluding hydrogens is 304 g/mol. The number of hydrogen-bond acceptors (Lipinski definition) is 4. The monoisotopic (exact) mass is 330 g/mol. The van der Waals surface area contributed by atoms with E-state index in [1.54, 1.807) is 0 Å². The van der Waals surface area contributed by atoms with Gasteiger partial charge in [0, 0.05) is 30.6 Å². The second-order valence-electron chi connectivity index (χ2n) is 8.63. The predicted octanol–water partition coefficient (Wildman–Crippen LogP) is 2.80. The van der Waals surface area contributed by atoms with E-state index >= 15 is 0 Å². The molecule has 6 heteroatoms. The van der Waals surface area contributed by atoms with Gasteiger partial charge < -0.3 is 9.74 Å². The summed E-state index contributed by atoms with van der Waals surface area (Å²) in [6.45, 7) is 12.2. The van der Waals surface area contributed by atoms with Crippen LogP contribution in [0.5, 0.6) is 0 Å². The van der Waals surface area contributed by atoms with Gasteiger partial charge in [-0.3, -0.25) is 9.89 Å². The number of aromatic nitrogens is 2. The number of hydrogen-bond donors (Lipinski definition) is 1. The molecule has 3 aliphatic rings. The zero-order valence-corrected chi connectivity index (χ0v) is 15.1. The van der Waals surface area contributed by atoms with Crippen LogP contribution >= 0.6 is 0 Å². The normalized spacial score (nSPS) is 33.4. The molecule has 0 radical (unpaired) electrons. The maximum Gasteiger partial charge on any atom is 0.274 e. The van der Waals surface area contributed by atoms with Crippen LogP contribution in [0.1, 0.15) is 63.1 Å². The lowest BCUT2D eigenvalue weighted by atomic mass is 9.88. The van der Waals surface area contributed by atoms with E-state index in [9.17, 15) is 4.79 Å². The molecule has 2 aliphatic heterocycles. The first-order chi connectivity index (χ1) is 11.2. The highest BCUT2D eigenvalue weighted by Gasteiger charge is 2.69. The molecule has 4 rings (SSSR count). The SMILES string of the molecule is CC(C)c1cc(C(=O)N2CC3C(C2)C3(C)C2=NOC(C)(C)C2)n[nH]1. The molecule has 1 saturated carbocycles. The average molecular weight is 330 g/mol. The Bertz CT molecular complexity index is 706. The summed E-state index contributed by atoms with van der Waals surface area (Å²) < 4.78 is 0. The van der Waals surface area contributed by atoms with Crippen LogP contribution in [0, 0.1) is 17.3 Å². The fraction of sp³-hybridized carbons (Fsp3) is 0.722. The van der Waals surface area contributed by atoms with Crippen LogP contribution in [0.15, 0.2) is 11.2 Å². The first kappa shape index (κ1) is 15.7. The van der Waals surface area contributed by atoms with Gasteiger partial charge in [-0.05, 0) is 37.7 Å². The maximum absolute atomic E-state index is 12.7. The molecule has 130 valence electrons. The number of aromatic amines is 1. The van der Waals surface area contributed by atoms with E-state index < -0.39 is 0 Å². The van der Waals surface area contributed by atoms with Gasteiger partial charge in [0.15, 0.2) is 0 Å². The number of nitrogens with one attached hydrogen (secondary N) is 1. The summed E-state index contributed by atoms with van der Waals surface area (Å²) in [5.74, 6) is 1.39. The lowest BCUT2D eigenvalue weighted by Gasteiger charge is -2.23. The first-order valence-electron chi connectivity index (χ1n) is 8.82. The third-order valence-electron chi connectivity index (χ3n) is 6.10. The zero-order chi connectivity index (χ0) is 17.3. The van der Waals surface area contributed by atoms with Crippen LogP contribution in [0.4, 0.5) is 0 Å². The van der Waals surface area contributed by atoms with Crippen LogP contribution in [-0.2, 0) is 4.84 Å². The molecule has 1 amide bonds. The Kier molecular flexibility index (Phi) is 3.15. The molecule has 0 bridgehead atoms. The molecule has 2 fully saturated rings. The molecule has 3 heterocycles. The number of rotatable bonds is 3. The topological polar surface area (TPSA) is 70.6 Å². The van der Waals surface area contributed by atoms with Crippen molar-refractivity contribution in [1.29, 1.82) is 0 Å². The van der Waals surface area contributed by atoms with Crippen molar-refractivity contribution in [2.75, 3.05) is 13.1 Å². The van der Waals surface area contributed by atoms with Gasteiger partial charge in [0.05, 0.1) is 5.71 Å². The highest BCUT2D eigenvalue weighted by Crippen LogP contribution is 2.64. The second-order valence-corrected chi connectivity index (χ2v) is 8.63. The number of piperidine rings is 1.